The molecule has 2 rings (SSSR count). The average Bonchev–Trinajstić information content (AvgIpc) is 2.15. The fraction of sp³-hybridized carbons (Fsp3) is 0.417. The molecule has 1 heterocycles. The summed E-state index contributed by atoms with van der Waals surface area (Å²) >= 11 is 0. The standard InChI is InChI=1S/C12H16N2O2/c1-12(16)7-14(8-12)6-9-3-2-4-10(5-9)11(13)15/h2-5,16H,6-8H2,1H3,(H2,13,15). The summed E-state index contributed by atoms with van der Waals surface area (Å²) in [6.07, 6.45) is 0. The van der Waals surface area contributed by atoms with E-state index in [9.17, 15) is 9.90 Å². The fourth-order valence-corrected chi connectivity index (χ4v) is 2.11. The maximum atomic E-state index is 11.0. The minimum Gasteiger partial charge on any atom is -0.388 e. The summed E-state index contributed by atoms with van der Waals surface area (Å²) in [7, 11) is 0. The lowest BCUT2D eigenvalue weighted by atomic mass is 9.96. The van der Waals surface area contributed by atoms with Gasteiger partial charge in [-0.3, -0.25) is 9.69 Å². The molecule has 3 N–H and O–H groups in total. The Balaban J connectivity index is 2.00. The molecule has 1 aromatic carbocycles. The van der Waals surface area contributed by atoms with Crippen LogP contribution in [-0.4, -0.2) is 34.6 Å². The molecule has 1 aliphatic rings. The van der Waals surface area contributed by atoms with Gasteiger partial charge in [-0.05, 0) is 24.6 Å². The number of nitrogens with zero attached hydrogens (tertiary/aromatic N) is 1. The molecule has 0 aliphatic carbocycles. The minimum atomic E-state index is -0.554. The molecule has 0 saturated carbocycles. The van der Waals surface area contributed by atoms with Gasteiger partial charge >= 0.3 is 0 Å². The highest BCUT2D eigenvalue weighted by Crippen LogP contribution is 2.22. The summed E-state index contributed by atoms with van der Waals surface area (Å²) in [5.41, 5.74) is 6.24. The van der Waals surface area contributed by atoms with E-state index in [2.05, 4.69) is 4.90 Å². The molecule has 0 spiro atoms. The summed E-state index contributed by atoms with van der Waals surface area (Å²) in [5, 5.41) is 9.59. The van der Waals surface area contributed by atoms with Crippen LogP contribution in [0.2, 0.25) is 0 Å². The minimum absolute atomic E-state index is 0.405. The molecule has 0 unspecified atom stereocenters. The highest BCUT2D eigenvalue weighted by atomic mass is 16.3. The highest BCUT2D eigenvalue weighted by molar-refractivity contribution is 5.92. The lowest BCUT2D eigenvalue weighted by Crippen LogP contribution is -2.59. The molecule has 1 saturated heterocycles. The van der Waals surface area contributed by atoms with E-state index in [1.54, 1.807) is 12.1 Å². The molecular weight excluding hydrogens is 204 g/mol. The van der Waals surface area contributed by atoms with Crippen LogP contribution in [-0.2, 0) is 6.54 Å². The van der Waals surface area contributed by atoms with Crippen molar-refractivity contribution < 1.29 is 9.90 Å². The van der Waals surface area contributed by atoms with Gasteiger partial charge in [0.05, 0.1) is 5.60 Å². The maximum absolute atomic E-state index is 11.0. The van der Waals surface area contributed by atoms with E-state index in [1.165, 1.54) is 0 Å². The zero-order valence-corrected chi connectivity index (χ0v) is 9.31. The third-order valence-corrected chi connectivity index (χ3v) is 2.75. The van der Waals surface area contributed by atoms with Crippen molar-refractivity contribution in [2.75, 3.05) is 13.1 Å². The van der Waals surface area contributed by atoms with Crippen LogP contribution < -0.4 is 5.73 Å². The molecule has 16 heavy (non-hydrogen) atoms. The first-order valence-electron chi connectivity index (χ1n) is 5.30. The van der Waals surface area contributed by atoms with Crippen LogP contribution >= 0.6 is 0 Å². The Labute approximate surface area is 94.7 Å². The van der Waals surface area contributed by atoms with Crippen molar-refractivity contribution in [1.82, 2.24) is 4.90 Å². The number of likely N-dealkylation sites (tertiary alicyclic amines) is 1. The molecule has 0 aromatic heterocycles. The SMILES string of the molecule is CC1(O)CN(Cc2cccc(C(N)=O)c2)C1. The second-order valence-electron chi connectivity index (χ2n) is 4.71. The number of nitrogens with two attached hydrogens (primary N) is 1. The molecule has 86 valence electrons. The van der Waals surface area contributed by atoms with Gasteiger partial charge in [-0.1, -0.05) is 12.1 Å². The van der Waals surface area contributed by atoms with Gasteiger partial charge in [-0.2, -0.15) is 0 Å². The Morgan fingerprint density at radius 2 is 2.25 bits per heavy atom. The predicted molar refractivity (Wildman–Crippen MR) is 60.9 cm³/mol. The Hall–Kier alpha value is -1.39. The Morgan fingerprint density at radius 1 is 1.56 bits per heavy atom. The van der Waals surface area contributed by atoms with E-state index in [4.69, 9.17) is 5.73 Å². The maximum Gasteiger partial charge on any atom is 0.248 e. The van der Waals surface area contributed by atoms with Crippen LogP contribution in [0.3, 0.4) is 0 Å². The number of aliphatic hydroxyl groups is 1. The number of rotatable bonds is 3. The van der Waals surface area contributed by atoms with Crippen molar-refractivity contribution in [3.05, 3.63) is 35.4 Å². The van der Waals surface area contributed by atoms with E-state index in [1.807, 2.05) is 19.1 Å². The molecule has 4 nitrogen and oxygen atoms in total. The lowest BCUT2D eigenvalue weighted by Gasteiger charge is -2.44. The van der Waals surface area contributed by atoms with Gasteiger partial charge in [0.25, 0.3) is 0 Å². The van der Waals surface area contributed by atoms with E-state index >= 15 is 0 Å². The second-order valence-corrected chi connectivity index (χ2v) is 4.71. The topological polar surface area (TPSA) is 66.6 Å². The third-order valence-electron chi connectivity index (χ3n) is 2.75. The number of β-amino-alcohol motifs (C(OH)–C–C–N with tert-alkyl or cyclic N) is 1. The molecule has 0 bridgehead atoms. The monoisotopic (exact) mass is 220 g/mol. The zero-order chi connectivity index (χ0) is 11.8. The Kier molecular flexibility index (Phi) is 2.69. The third kappa shape index (κ3) is 2.40. The smallest absolute Gasteiger partial charge is 0.248 e. The summed E-state index contributed by atoms with van der Waals surface area (Å²) < 4.78 is 0. The Bertz CT molecular complexity index is 407. The lowest BCUT2D eigenvalue weighted by molar-refractivity contribution is -0.0871. The van der Waals surface area contributed by atoms with Gasteiger partial charge in [0.2, 0.25) is 5.91 Å². The van der Waals surface area contributed by atoms with Gasteiger partial charge in [0.1, 0.15) is 0 Å². The number of benzene rings is 1. The molecule has 1 amide bonds. The van der Waals surface area contributed by atoms with E-state index in [-0.39, 0.29) is 0 Å². The normalized spacial score (nSPS) is 19.1. The Morgan fingerprint density at radius 3 is 2.81 bits per heavy atom. The van der Waals surface area contributed by atoms with Gasteiger partial charge in [-0.25, -0.2) is 0 Å². The summed E-state index contributed by atoms with van der Waals surface area (Å²) in [5.74, 6) is -0.405. The summed E-state index contributed by atoms with van der Waals surface area (Å²) in [4.78, 5) is 13.1. The molecule has 0 atom stereocenters. The van der Waals surface area contributed by atoms with Crippen LogP contribution in [0.1, 0.15) is 22.8 Å². The van der Waals surface area contributed by atoms with Crippen molar-refractivity contribution in [1.29, 1.82) is 0 Å². The van der Waals surface area contributed by atoms with E-state index in [0.29, 0.717) is 18.7 Å². The van der Waals surface area contributed by atoms with Gasteiger partial charge in [-0.15, -0.1) is 0 Å². The zero-order valence-electron chi connectivity index (χ0n) is 9.31. The van der Waals surface area contributed by atoms with Crippen molar-refractivity contribution >= 4 is 5.91 Å². The number of hydrogen-bond donors (Lipinski definition) is 2. The van der Waals surface area contributed by atoms with Crippen LogP contribution in [0, 0.1) is 0 Å². The fourth-order valence-electron chi connectivity index (χ4n) is 2.11. The van der Waals surface area contributed by atoms with Crippen molar-refractivity contribution in [3.8, 4) is 0 Å². The van der Waals surface area contributed by atoms with Crippen LogP contribution in [0.5, 0.6) is 0 Å². The molecule has 1 aromatic rings. The molecule has 0 radical (unpaired) electrons. The van der Waals surface area contributed by atoms with Crippen molar-refractivity contribution in [2.24, 2.45) is 5.73 Å². The highest BCUT2D eigenvalue weighted by Gasteiger charge is 2.35. The van der Waals surface area contributed by atoms with Crippen molar-refractivity contribution in [2.45, 2.75) is 19.1 Å². The van der Waals surface area contributed by atoms with Crippen LogP contribution in [0.15, 0.2) is 24.3 Å². The molecular formula is C12H16N2O2. The van der Waals surface area contributed by atoms with E-state index in [0.717, 1.165) is 12.1 Å². The molecule has 4 heteroatoms. The summed E-state index contributed by atoms with van der Waals surface area (Å²) in [6, 6.07) is 7.29. The second kappa shape index (κ2) is 3.88. The molecule has 1 fully saturated rings. The largest absolute Gasteiger partial charge is 0.388 e. The number of carbonyl (C=O) groups excluding carboxylic acids is 1. The van der Waals surface area contributed by atoms with E-state index < -0.39 is 11.5 Å². The quantitative estimate of drug-likeness (QED) is 0.772. The van der Waals surface area contributed by atoms with Gasteiger partial charge in [0, 0.05) is 25.2 Å². The van der Waals surface area contributed by atoms with Crippen molar-refractivity contribution in [3.63, 3.8) is 0 Å². The molecule has 1 aliphatic heterocycles. The number of amides is 1. The average molecular weight is 220 g/mol. The predicted octanol–water partition coefficient (Wildman–Crippen LogP) is 0.352. The number of hydrogen-bond acceptors (Lipinski definition) is 3. The number of carbonyl (C=O) groups is 1. The first-order valence-corrected chi connectivity index (χ1v) is 5.30. The van der Waals surface area contributed by atoms with Gasteiger partial charge < -0.3 is 10.8 Å². The first-order chi connectivity index (χ1) is 7.46. The summed E-state index contributed by atoms with van der Waals surface area (Å²) in [6.45, 7) is 3.92. The van der Waals surface area contributed by atoms with Gasteiger partial charge in [0.15, 0.2) is 0 Å². The van der Waals surface area contributed by atoms with Crippen LogP contribution in [0.25, 0.3) is 0 Å². The first kappa shape index (κ1) is 11.1. The number of primary amides is 1. The van der Waals surface area contributed by atoms with Crippen LogP contribution in [0.4, 0.5) is 0 Å².